The summed E-state index contributed by atoms with van der Waals surface area (Å²) in [4.78, 5) is 12.3. The van der Waals surface area contributed by atoms with E-state index in [0.717, 1.165) is 21.7 Å². The van der Waals surface area contributed by atoms with Crippen molar-refractivity contribution in [3.8, 4) is 10.6 Å². The molecule has 0 aliphatic carbocycles. The molecule has 1 heterocycles. The zero-order valence-electron chi connectivity index (χ0n) is 17.1. The van der Waals surface area contributed by atoms with Crippen LogP contribution >= 0.6 is 11.3 Å². The van der Waals surface area contributed by atoms with Gasteiger partial charge in [-0.3, -0.25) is 9.10 Å². The molecule has 2 aromatic carbocycles. The molecule has 0 saturated heterocycles. The Morgan fingerprint density at radius 1 is 1.00 bits per heavy atom. The highest BCUT2D eigenvalue weighted by molar-refractivity contribution is 7.92. The van der Waals surface area contributed by atoms with E-state index in [0.29, 0.717) is 17.2 Å². The van der Waals surface area contributed by atoms with Gasteiger partial charge >= 0.3 is 0 Å². The molecule has 3 aromatic rings. The molecule has 0 radical (unpaired) electrons. The molecule has 0 atom stereocenters. The number of benzene rings is 2. The number of hydrogen-bond acceptors (Lipinski definition) is 6. The van der Waals surface area contributed by atoms with Gasteiger partial charge in [0, 0.05) is 18.5 Å². The number of aryl methyl sites for hydroxylation is 2. The van der Waals surface area contributed by atoms with Gasteiger partial charge in [0.2, 0.25) is 21.1 Å². The first-order valence-electron chi connectivity index (χ1n) is 9.47. The molecular weight excluding hydrogens is 420 g/mol. The number of nitrogens with zero attached hydrogens (tertiary/aromatic N) is 3. The van der Waals surface area contributed by atoms with E-state index >= 15 is 0 Å². The summed E-state index contributed by atoms with van der Waals surface area (Å²) in [7, 11) is -3.44. The Morgan fingerprint density at radius 2 is 1.60 bits per heavy atom. The third kappa shape index (κ3) is 5.87. The molecule has 9 heteroatoms. The number of rotatable bonds is 8. The van der Waals surface area contributed by atoms with E-state index in [1.54, 1.807) is 12.1 Å². The Balaban J connectivity index is 1.56. The lowest BCUT2D eigenvalue weighted by Crippen LogP contribution is -2.31. The molecule has 158 valence electrons. The molecule has 0 aliphatic heterocycles. The number of carbonyl (C=O) groups is 1. The molecule has 1 aromatic heterocycles. The van der Waals surface area contributed by atoms with Gasteiger partial charge in [0.05, 0.1) is 11.9 Å². The number of carbonyl (C=O) groups excluding carboxylic acids is 1. The normalized spacial score (nSPS) is 11.3. The summed E-state index contributed by atoms with van der Waals surface area (Å²) in [6.45, 7) is 4.18. The second-order valence-electron chi connectivity index (χ2n) is 7.10. The molecule has 0 fully saturated rings. The first kappa shape index (κ1) is 21.9. The summed E-state index contributed by atoms with van der Waals surface area (Å²) in [5, 5.41) is 12.0. The summed E-state index contributed by atoms with van der Waals surface area (Å²) in [6, 6.07) is 15.2. The van der Waals surface area contributed by atoms with Crippen LogP contribution in [0.5, 0.6) is 0 Å². The van der Waals surface area contributed by atoms with Crippen LogP contribution in [-0.2, 0) is 14.8 Å². The first-order valence-corrected chi connectivity index (χ1v) is 12.1. The molecule has 1 N–H and O–H groups in total. The number of anilines is 2. The van der Waals surface area contributed by atoms with Crippen molar-refractivity contribution in [2.24, 2.45) is 0 Å². The topological polar surface area (TPSA) is 92.3 Å². The van der Waals surface area contributed by atoms with Gasteiger partial charge in [-0.2, -0.15) is 0 Å². The van der Waals surface area contributed by atoms with Crippen LogP contribution in [0.4, 0.5) is 10.8 Å². The average molecular weight is 445 g/mol. The molecule has 0 spiro atoms. The number of hydrogen-bond donors (Lipinski definition) is 1. The molecule has 0 unspecified atom stereocenters. The molecule has 0 aliphatic rings. The van der Waals surface area contributed by atoms with Crippen molar-refractivity contribution in [1.82, 2.24) is 10.2 Å². The van der Waals surface area contributed by atoms with E-state index in [9.17, 15) is 13.2 Å². The predicted octanol–water partition coefficient (Wildman–Crippen LogP) is 4.01. The standard InChI is InChI=1S/C21H24N4O3S2/c1-15-6-10-17(11-7-15)20-23-24-21(29-20)22-19(26)5-4-14-25(30(3,27)28)18-12-8-16(2)9-13-18/h6-13H,4-5,14H2,1-3H3,(H,22,24,26). The summed E-state index contributed by atoms with van der Waals surface area (Å²) >= 11 is 1.30. The highest BCUT2D eigenvalue weighted by Gasteiger charge is 2.18. The Hall–Kier alpha value is -2.78. The van der Waals surface area contributed by atoms with Crippen LogP contribution in [0, 0.1) is 13.8 Å². The van der Waals surface area contributed by atoms with Crippen molar-refractivity contribution < 1.29 is 13.2 Å². The maximum atomic E-state index is 12.3. The molecule has 3 rings (SSSR count). The fraction of sp³-hybridized carbons (Fsp3) is 0.286. The lowest BCUT2D eigenvalue weighted by Gasteiger charge is -2.22. The minimum absolute atomic E-state index is 0.178. The maximum absolute atomic E-state index is 12.3. The number of sulfonamides is 1. The Labute approximate surface area is 180 Å². The number of amides is 1. The van der Waals surface area contributed by atoms with Crippen LogP contribution in [0.2, 0.25) is 0 Å². The van der Waals surface area contributed by atoms with Gasteiger partial charge < -0.3 is 5.32 Å². The van der Waals surface area contributed by atoms with Gasteiger partial charge in [-0.25, -0.2) is 8.42 Å². The van der Waals surface area contributed by atoms with Crippen molar-refractivity contribution in [3.63, 3.8) is 0 Å². The Kier molecular flexibility index (Phi) is 6.84. The van der Waals surface area contributed by atoms with Crippen LogP contribution in [0.1, 0.15) is 24.0 Å². The minimum atomic E-state index is -3.44. The second kappa shape index (κ2) is 9.36. The quantitative estimate of drug-likeness (QED) is 0.567. The zero-order valence-corrected chi connectivity index (χ0v) is 18.8. The highest BCUT2D eigenvalue weighted by atomic mass is 32.2. The van der Waals surface area contributed by atoms with E-state index < -0.39 is 10.0 Å². The molecule has 30 heavy (non-hydrogen) atoms. The largest absolute Gasteiger partial charge is 0.301 e. The second-order valence-corrected chi connectivity index (χ2v) is 9.99. The third-order valence-corrected chi connectivity index (χ3v) is 6.54. The summed E-state index contributed by atoms with van der Waals surface area (Å²) in [6.07, 6.45) is 1.73. The van der Waals surface area contributed by atoms with Gasteiger partial charge in [-0.1, -0.05) is 58.9 Å². The molecule has 0 bridgehead atoms. The lowest BCUT2D eigenvalue weighted by molar-refractivity contribution is -0.116. The number of aromatic nitrogens is 2. The SMILES string of the molecule is Cc1ccc(-c2nnc(NC(=O)CCCN(c3ccc(C)cc3)S(C)(=O)=O)s2)cc1. The summed E-state index contributed by atoms with van der Waals surface area (Å²) < 4.78 is 25.6. The minimum Gasteiger partial charge on any atom is -0.301 e. The van der Waals surface area contributed by atoms with Gasteiger partial charge in [-0.15, -0.1) is 10.2 Å². The molecule has 7 nitrogen and oxygen atoms in total. The van der Waals surface area contributed by atoms with Gasteiger partial charge in [0.25, 0.3) is 0 Å². The highest BCUT2D eigenvalue weighted by Crippen LogP contribution is 2.26. The van der Waals surface area contributed by atoms with Gasteiger partial charge in [0.15, 0.2) is 0 Å². The van der Waals surface area contributed by atoms with Gasteiger partial charge in [0.1, 0.15) is 5.01 Å². The Morgan fingerprint density at radius 3 is 2.20 bits per heavy atom. The van der Waals surface area contributed by atoms with E-state index in [-0.39, 0.29) is 18.9 Å². The van der Waals surface area contributed by atoms with Crippen molar-refractivity contribution in [3.05, 3.63) is 59.7 Å². The van der Waals surface area contributed by atoms with E-state index in [2.05, 4.69) is 15.5 Å². The van der Waals surface area contributed by atoms with Crippen molar-refractivity contribution in [2.75, 3.05) is 22.4 Å². The third-order valence-electron chi connectivity index (χ3n) is 4.46. The summed E-state index contributed by atoms with van der Waals surface area (Å²) in [5.74, 6) is -0.223. The van der Waals surface area contributed by atoms with E-state index in [1.165, 1.54) is 21.9 Å². The van der Waals surface area contributed by atoms with Crippen LogP contribution in [0.15, 0.2) is 48.5 Å². The van der Waals surface area contributed by atoms with E-state index in [1.807, 2.05) is 50.2 Å². The average Bonchev–Trinajstić information content (AvgIpc) is 3.14. The van der Waals surface area contributed by atoms with E-state index in [4.69, 9.17) is 0 Å². The van der Waals surface area contributed by atoms with Crippen LogP contribution in [-0.4, -0.2) is 37.3 Å². The smallest absolute Gasteiger partial charge is 0.232 e. The molecular formula is C21H24N4O3S2. The summed E-state index contributed by atoms with van der Waals surface area (Å²) in [5.41, 5.74) is 3.75. The van der Waals surface area contributed by atoms with Crippen LogP contribution in [0.25, 0.3) is 10.6 Å². The zero-order chi connectivity index (χ0) is 21.7. The molecule has 0 saturated carbocycles. The Bertz CT molecular complexity index is 1110. The molecule has 1 amide bonds. The van der Waals surface area contributed by atoms with Crippen LogP contribution in [0.3, 0.4) is 0 Å². The monoisotopic (exact) mass is 444 g/mol. The first-order chi connectivity index (χ1) is 14.2. The maximum Gasteiger partial charge on any atom is 0.232 e. The van der Waals surface area contributed by atoms with Crippen molar-refractivity contribution in [2.45, 2.75) is 26.7 Å². The predicted molar refractivity (Wildman–Crippen MR) is 121 cm³/mol. The van der Waals surface area contributed by atoms with Crippen molar-refractivity contribution in [1.29, 1.82) is 0 Å². The fourth-order valence-electron chi connectivity index (χ4n) is 2.85. The van der Waals surface area contributed by atoms with Gasteiger partial charge in [-0.05, 0) is 32.4 Å². The van der Waals surface area contributed by atoms with Crippen LogP contribution < -0.4 is 9.62 Å². The lowest BCUT2D eigenvalue weighted by atomic mass is 10.2. The fourth-order valence-corrected chi connectivity index (χ4v) is 4.58. The van der Waals surface area contributed by atoms with Crippen molar-refractivity contribution >= 4 is 38.1 Å². The number of nitrogens with one attached hydrogen (secondary N) is 1.